The lowest BCUT2D eigenvalue weighted by atomic mass is 10.1. The van der Waals surface area contributed by atoms with E-state index in [0.717, 1.165) is 10.9 Å². The van der Waals surface area contributed by atoms with Gasteiger partial charge in [0.2, 0.25) is 0 Å². The van der Waals surface area contributed by atoms with E-state index in [9.17, 15) is 14.7 Å². The van der Waals surface area contributed by atoms with E-state index in [2.05, 4.69) is 5.32 Å². The van der Waals surface area contributed by atoms with Crippen LogP contribution in [0.15, 0.2) is 72.9 Å². The molecule has 0 bridgehead atoms. The van der Waals surface area contributed by atoms with Crippen molar-refractivity contribution < 1.29 is 19.4 Å². The summed E-state index contributed by atoms with van der Waals surface area (Å²) in [5.74, 6) is -0.811. The molecule has 4 aromatic rings. The number of aromatic nitrogens is 1. The van der Waals surface area contributed by atoms with E-state index in [1.165, 1.54) is 0 Å². The summed E-state index contributed by atoms with van der Waals surface area (Å²) in [5.41, 5.74) is 2.28. The van der Waals surface area contributed by atoms with Crippen molar-refractivity contribution in [1.82, 2.24) is 4.57 Å². The second kappa shape index (κ2) is 9.34. The van der Waals surface area contributed by atoms with Crippen LogP contribution in [0.3, 0.4) is 0 Å². The maximum atomic E-state index is 12.3. The molecule has 0 radical (unpaired) electrons. The van der Waals surface area contributed by atoms with E-state index < -0.39 is 5.97 Å². The molecule has 0 saturated heterocycles. The number of ether oxygens (including phenoxy) is 1. The summed E-state index contributed by atoms with van der Waals surface area (Å²) in [6.07, 6.45) is 1.89. The molecule has 162 valence electrons. The maximum Gasteiger partial charge on any atom is 0.336 e. The summed E-state index contributed by atoms with van der Waals surface area (Å²) in [5, 5.41) is 13.9. The molecule has 4 rings (SSSR count). The molecular weight excluding hydrogens is 451 g/mol. The van der Waals surface area contributed by atoms with Gasteiger partial charge in [-0.1, -0.05) is 41.4 Å². The number of benzene rings is 3. The molecule has 0 unspecified atom stereocenters. The van der Waals surface area contributed by atoms with Gasteiger partial charge in [0.1, 0.15) is 5.75 Å². The Balaban J connectivity index is 1.48. The molecule has 1 aromatic heterocycles. The summed E-state index contributed by atoms with van der Waals surface area (Å²) in [4.78, 5) is 23.8. The lowest BCUT2D eigenvalue weighted by molar-refractivity contribution is -0.118. The smallest absolute Gasteiger partial charge is 0.336 e. The number of anilines is 1. The Hall–Kier alpha value is -3.48. The molecule has 0 saturated carbocycles. The summed E-state index contributed by atoms with van der Waals surface area (Å²) < 4.78 is 7.60. The number of carboxylic acids is 1. The topological polar surface area (TPSA) is 80.6 Å². The molecule has 0 fully saturated rings. The Kier molecular flexibility index (Phi) is 6.35. The Bertz CT molecular complexity index is 1320. The number of amides is 1. The van der Waals surface area contributed by atoms with Crippen LogP contribution in [-0.2, 0) is 11.3 Å². The first-order chi connectivity index (χ1) is 15.4. The molecule has 1 amide bonds. The fourth-order valence-electron chi connectivity index (χ4n) is 3.37. The maximum absolute atomic E-state index is 12.3. The van der Waals surface area contributed by atoms with Gasteiger partial charge >= 0.3 is 5.97 Å². The zero-order chi connectivity index (χ0) is 22.7. The fourth-order valence-corrected chi connectivity index (χ4v) is 3.82. The molecule has 1 heterocycles. The molecule has 32 heavy (non-hydrogen) atoms. The first-order valence-electron chi connectivity index (χ1n) is 9.68. The SMILES string of the molecule is O=C(COc1ccc2ccn(Cc3ccccc3C(=O)O)c2c1)Nc1ccc(Cl)cc1Cl. The van der Waals surface area contributed by atoms with Crippen LogP contribution in [0, 0.1) is 0 Å². The minimum atomic E-state index is -0.965. The van der Waals surface area contributed by atoms with E-state index in [0.29, 0.717) is 33.6 Å². The Morgan fingerprint density at radius 2 is 1.81 bits per heavy atom. The lowest BCUT2D eigenvalue weighted by Gasteiger charge is -2.11. The van der Waals surface area contributed by atoms with Crippen molar-refractivity contribution in [2.24, 2.45) is 0 Å². The van der Waals surface area contributed by atoms with Crippen molar-refractivity contribution in [3.63, 3.8) is 0 Å². The van der Waals surface area contributed by atoms with Crippen molar-refractivity contribution in [3.8, 4) is 5.75 Å². The molecule has 8 heteroatoms. The van der Waals surface area contributed by atoms with Crippen molar-refractivity contribution in [2.45, 2.75) is 6.54 Å². The number of carbonyl (C=O) groups is 2. The van der Waals surface area contributed by atoms with Gasteiger partial charge in [-0.15, -0.1) is 0 Å². The fraction of sp³-hybridized carbons (Fsp3) is 0.0833. The highest BCUT2D eigenvalue weighted by molar-refractivity contribution is 6.36. The van der Waals surface area contributed by atoms with Crippen molar-refractivity contribution in [3.05, 3.63) is 94.1 Å². The molecule has 0 aliphatic carbocycles. The summed E-state index contributed by atoms with van der Waals surface area (Å²) in [6, 6.07) is 19.1. The van der Waals surface area contributed by atoms with Crippen molar-refractivity contribution >= 4 is 51.7 Å². The second-order valence-corrected chi connectivity index (χ2v) is 7.93. The average Bonchev–Trinajstić information content (AvgIpc) is 3.16. The molecular formula is C24H18Cl2N2O4. The van der Waals surface area contributed by atoms with Gasteiger partial charge in [0.25, 0.3) is 5.91 Å². The first-order valence-corrected chi connectivity index (χ1v) is 10.4. The van der Waals surface area contributed by atoms with Crippen LogP contribution in [0.2, 0.25) is 10.0 Å². The third-order valence-corrected chi connectivity index (χ3v) is 5.46. The normalized spacial score (nSPS) is 10.8. The molecule has 0 atom stereocenters. The van der Waals surface area contributed by atoms with Crippen LogP contribution in [0.1, 0.15) is 15.9 Å². The third kappa shape index (κ3) is 4.88. The minimum absolute atomic E-state index is 0.201. The number of fused-ring (bicyclic) bond motifs is 1. The van der Waals surface area contributed by atoms with E-state index in [4.69, 9.17) is 27.9 Å². The molecule has 0 aliphatic heterocycles. The highest BCUT2D eigenvalue weighted by Crippen LogP contribution is 2.26. The quantitative estimate of drug-likeness (QED) is 0.363. The van der Waals surface area contributed by atoms with E-state index in [-0.39, 0.29) is 18.1 Å². The zero-order valence-corrected chi connectivity index (χ0v) is 18.2. The highest BCUT2D eigenvalue weighted by atomic mass is 35.5. The predicted molar refractivity (Wildman–Crippen MR) is 125 cm³/mol. The van der Waals surface area contributed by atoms with Gasteiger partial charge < -0.3 is 19.7 Å². The number of aromatic carboxylic acids is 1. The third-order valence-electron chi connectivity index (χ3n) is 4.91. The van der Waals surface area contributed by atoms with E-state index >= 15 is 0 Å². The summed E-state index contributed by atoms with van der Waals surface area (Å²) in [7, 11) is 0. The van der Waals surface area contributed by atoms with Crippen LogP contribution in [0.25, 0.3) is 10.9 Å². The number of carbonyl (C=O) groups excluding carboxylic acids is 1. The average molecular weight is 469 g/mol. The van der Waals surface area contributed by atoms with Crippen LogP contribution >= 0.6 is 23.2 Å². The van der Waals surface area contributed by atoms with Crippen LogP contribution in [0.4, 0.5) is 5.69 Å². The van der Waals surface area contributed by atoms with E-state index in [1.54, 1.807) is 42.5 Å². The van der Waals surface area contributed by atoms with Gasteiger partial charge in [-0.05, 0) is 53.4 Å². The van der Waals surface area contributed by atoms with Gasteiger partial charge in [-0.25, -0.2) is 4.79 Å². The van der Waals surface area contributed by atoms with E-state index in [1.807, 2.05) is 35.0 Å². The number of hydrogen-bond donors (Lipinski definition) is 2. The number of rotatable bonds is 7. The van der Waals surface area contributed by atoms with Crippen molar-refractivity contribution in [1.29, 1.82) is 0 Å². The van der Waals surface area contributed by atoms with Gasteiger partial charge in [0.15, 0.2) is 6.61 Å². The zero-order valence-electron chi connectivity index (χ0n) is 16.7. The van der Waals surface area contributed by atoms with Crippen molar-refractivity contribution in [2.75, 3.05) is 11.9 Å². The number of carboxylic acid groups (broad SMARTS) is 1. The molecule has 6 nitrogen and oxygen atoms in total. The Morgan fingerprint density at radius 1 is 1.00 bits per heavy atom. The number of halogens is 2. The molecule has 0 spiro atoms. The first kappa shape index (κ1) is 21.7. The predicted octanol–water partition coefficient (Wildman–Crippen LogP) is 5.71. The largest absolute Gasteiger partial charge is 0.484 e. The monoisotopic (exact) mass is 468 g/mol. The van der Waals surface area contributed by atoms with Crippen LogP contribution in [0.5, 0.6) is 5.75 Å². The second-order valence-electron chi connectivity index (χ2n) is 7.09. The standard InChI is InChI=1S/C24H18Cl2N2O4/c25-17-6-8-21(20(26)11-17)27-23(29)14-32-18-7-5-15-9-10-28(22(15)12-18)13-16-3-1-2-4-19(16)24(30)31/h1-12H,13-14H2,(H,27,29)(H,30,31). The minimum Gasteiger partial charge on any atom is -0.484 e. The molecule has 0 aliphatic rings. The Labute approximate surface area is 193 Å². The van der Waals surface area contributed by atoms with Crippen LogP contribution < -0.4 is 10.1 Å². The summed E-state index contributed by atoms with van der Waals surface area (Å²) in [6.45, 7) is 0.192. The summed E-state index contributed by atoms with van der Waals surface area (Å²) >= 11 is 11.9. The number of nitrogens with one attached hydrogen (secondary N) is 1. The van der Waals surface area contributed by atoms with Gasteiger partial charge in [0, 0.05) is 23.8 Å². The van der Waals surface area contributed by atoms with Gasteiger partial charge in [0.05, 0.1) is 21.8 Å². The van der Waals surface area contributed by atoms with Gasteiger partial charge in [-0.2, -0.15) is 0 Å². The molecule has 3 aromatic carbocycles. The number of hydrogen-bond acceptors (Lipinski definition) is 3. The number of nitrogens with zero attached hydrogens (tertiary/aromatic N) is 1. The Morgan fingerprint density at radius 3 is 2.59 bits per heavy atom. The molecule has 2 N–H and O–H groups in total. The van der Waals surface area contributed by atoms with Gasteiger partial charge in [-0.3, -0.25) is 4.79 Å². The lowest BCUT2D eigenvalue weighted by Crippen LogP contribution is -2.20. The van der Waals surface area contributed by atoms with Crippen LogP contribution in [-0.4, -0.2) is 28.2 Å². The highest BCUT2D eigenvalue weighted by Gasteiger charge is 2.12.